The van der Waals surface area contributed by atoms with Crippen LogP contribution in [0.15, 0.2) is 303 Å². The van der Waals surface area contributed by atoms with Crippen molar-refractivity contribution in [3.05, 3.63) is 320 Å². The summed E-state index contributed by atoms with van der Waals surface area (Å²) in [5.41, 5.74) is 21.9. The van der Waals surface area contributed by atoms with E-state index in [1.807, 2.05) is 0 Å². The number of hydrogen-bond acceptors (Lipinski definition) is 2. The Hall–Kier alpha value is -11.1. The van der Waals surface area contributed by atoms with Crippen LogP contribution in [0.5, 0.6) is 0 Å². The Balaban J connectivity index is 0.781. The van der Waals surface area contributed by atoms with Crippen molar-refractivity contribution < 1.29 is 0 Å². The normalized spacial score (nSPS) is 13.1. The Bertz CT molecular complexity index is 5350. The molecule has 2 heteroatoms. The quantitative estimate of drug-likeness (QED) is 0.112. The molecule has 0 amide bonds. The summed E-state index contributed by atoms with van der Waals surface area (Å²) in [6, 6.07) is 109. The number of hydrogen-bond donors (Lipinski definition) is 0. The van der Waals surface area contributed by atoms with Gasteiger partial charge in [0.1, 0.15) is 0 Å². The largest absolute Gasteiger partial charge is 0.247 e. The third-order valence-corrected chi connectivity index (χ3v) is 18.2. The molecule has 0 fully saturated rings. The molecule has 1 aliphatic rings. The van der Waals surface area contributed by atoms with E-state index in [0.29, 0.717) is 0 Å². The van der Waals surface area contributed by atoms with Crippen LogP contribution in [0.2, 0.25) is 0 Å². The smallest absolute Gasteiger partial charge is 0.0825 e. The lowest BCUT2D eigenvalue weighted by molar-refractivity contribution is 0.841. The maximum Gasteiger partial charge on any atom is 0.0825 e. The van der Waals surface area contributed by atoms with Crippen LogP contribution < -0.4 is 0 Å². The minimum Gasteiger partial charge on any atom is -0.247 e. The van der Waals surface area contributed by atoms with E-state index in [-0.39, 0.29) is 5.92 Å². The summed E-state index contributed by atoms with van der Waals surface area (Å²) >= 11 is 0. The van der Waals surface area contributed by atoms with Gasteiger partial charge in [0.25, 0.3) is 0 Å². The van der Waals surface area contributed by atoms with Gasteiger partial charge >= 0.3 is 0 Å². The van der Waals surface area contributed by atoms with Gasteiger partial charge in [-0.05, 0) is 151 Å². The van der Waals surface area contributed by atoms with Crippen LogP contribution in [0.4, 0.5) is 0 Å². The van der Waals surface area contributed by atoms with Crippen molar-refractivity contribution >= 4 is 81.7 Å². The molecular weight excluding hydrogens is 1040 g/mol. The van der Waals surface area contributed by atoms with Crippen LogP contribution in [0.25, 0.3) is 160 Å². The maximum absolute atomic E-state index is 5.54. The fourth-order valence-corrected chi connectivity index (χ4v) is 14.2. The summed E-state index contributed by atoms with van der Waals surface area (Å²) in [6.07, 6.45) is 5.74. The van der Waals surface area contributed by atoms with Gasteiger partial charge in [-0.2, -0.15) is 0 Å². The van der Waals surface area contributed by atoms with Gasteiger partial charge in [0, 0.05) is 33.4 Å². The molecule has 86 heavy (non-hydrogen) atoms. The van der Waals surface area contributed by atoms with E-state index < -0.39 is 0 Å². The number of aromatic nitrogens is 2. The highest BCUT2D eigenvalue weighted by Crippen LogP contribution is 2.48. The third kappa shape index (κ3) is 8.25. The second-order valence-electron chi connectivity index (χ2n) is 23.0. The number of benzene rings is 14. The van der Waals surface area contributed by atoms with E-state index >= 15 is 0 Å². The van der Waals surface area contributed by atoms with Crippen LogP contribution in [0, 0.1) is 0 Å². The van der Waals surface area contributed by atoms with Crippen molar-refractivity contribution in [2.75, 3.05) is 0 Å². The summed E-state index contributed by atoms with van der Waals surface area (Å²) in [5.74, 6) is 0.235. The lowest BCUT2D eigenvalue weighted by Gasteiger charge is -2.25. The molecule has 0 bridgehead atoms. The molecule has 0 aliphatic heterocycles. The molecule has 16 aromatic rings. The second-order valence-corrected chi connectivity index (χ2v) is 23.0. The molecule has 0 saturated heterocycles. The van der Waals surface area contributed by atoms with Crippen LogP contribution in [-0.2, 0) is 6.42 Å². The number of nitrogens with zero attached hydrogens (tertiary/aromatic N) is 2. The minimum absolute atomic E-state index is 0.235. The summed E-state index contributed by atoms with van der Waals surface area (Å²) in [7, 11) is 0. The molecule has 2 nitrogen and oxygen atoms in total. The first-order valence-corrected chi connectivity index (χ1v) is 29.9. The number of rotatable bonds is 8. The maximum atomic E-state index is 5.54. The van der Waals surface area contributed by atoms with Gasteiger partial charge in [0.05, 0.1) is 22.4 Å². The lowest BCUT2D eigenvalue weighted by Crippen LogP contribution is -2.07. The van der Waals surface area contributed by atoms with Gasteiger partial charge in [0.15, 0.2) is 0 Å². The highest BCUT2D eigenvalue weighted by atomic mass is 14.8. The van der Waals surface area contributed by atoms with Gasteiger partial charge in [-0.1, -0.05) is 285 Å². The van der Waals surface area contributed by atoms with Gasteiger partial charge in [-0.25, -0.2) is 9.97 Å². The number of para-hydroxylation sites is 1. The summed E-state index contributed by atoms with van der Waals surface area (Å²) in [6.45, 7) is 0. The van der Waals surface area contributed by atoms with Crippen molar-refractivity contribution in [1.29, 1.82) is 0 Å². The number of allylic oxidation sites excluding steroid dienone is 1. The van der Waals surface area contributed by atoms with Gasteiger partial charge in [0.2, 0.25) is 0 Å². The van der Waals surface area contributed by atoms with E-state index in [1.165, 1.54) is 109 Å². The molecule has 1 atom stereocenters. The molecule has 0 saturated carbocycles. The Morgan fingerprint density at radius 1 is 0.279 bits per heavy atom. The molecule has 0 spiro atoms. The van der Waals surface area contributed by atoms with E-state index in [4.69, 9.17) is 9.97 Å². The minimum atomic E-state index is 0.235. The summed E-state index contributed by atoms with van der Waals surface area (Å²) < 4.78 is 0. The van der Waals surface area contributed by atoms with Crippen molar-refractivity contribution in [2.24, 2.45) is 0 Å². The Labute approximate surface area is 499 Å². The molecule has 14 aromatic carbocycles. The molecule has 1 unspecified atom stereocenters. The average molecular weight is 1090 g/mol. The standard InChI is InChI=1S/C84H54N2/c1-3-21-56(22-4-1)74-52-76-83(85-77-34-18-17-33-73(77)84(76)86-82(74)59-23-5-2-6-24-59)60-43-41-58(42-44-60)79-68-29-13-11-27-66(68)78(67-28-12-14-30-69(67)79)57-39-35-55(36-40-57)63-47-48-72-75(51-63)81(65-46-38-54-20-8-10-26-62(54)50-65)71-32-16-15-31-70(71)80(72)64-45-37-53-19-7-9-25-61(53)49-64/h1-48,50-52,64H,49H2. The van der Waals surface area contributed by atoms with Crippen LogP contribution >= 0.6 is 0 Å². The average Bonchev–Trinajstić information content (AvgIpc) is 0.988. The van der Waals surface area contributed by atoms with Gasteiger partial charge in [-0.15, -0.1) is 0 Å². The lowest BCUT2D eigenvalue weighted by atomic mass is 9.78. The Morgan fingerprint density at radius 2 is 0.767 bits per heavy atom. The second kappa shape index (κ2) is 20.4. The molecule has 0 N–H and O–H groups in total. The highest BCUT2D eigenvalue weighted by molar-refractivity contribution is 6.22. The zero-order valence-corrected chi connectivity index (χ0v) is 47.1. The van der Waals surface area contributed by atoms with E-state index in [9.17, 15) is 0 Å². The van der Waals surface area contributed by atoms with Crippen molar-refractivity contribution in [3.8, 4) is 78.1 Å². The molecular formula is C84H54N2. The molecule has 0 radical (unpaired) electrons. The topological polar surface area (TPSA) is 25.8 Å². The Kier molecular flexibility index (Phi) is 11.7. The molecule has 400 valence electrons. The molecule has 2 heterocycles. The predicted octanol–water partition coefficient (Wildman–Crippen LogP) is 22.6. The van der Waals surface area contributed by atoms with E-state index in [0.717, 1.165) is 67.4 Å². The van der Waals surface area contributed by atoms with Crippen molar-refractivity contribution in [1.82, 2.24) is 9.97 Å². The summed E-state index contributed by atoms with van der Waals surface area (Å²) in [5, 5.41) is 14.6. The zero-order chi connectivity index (χ0) is 56.7. The van der Waals surface area contributed by atoms with Crippen LogP contribution in [0.1, 0.15) is 22.6 Å². The number of pyridine rings is 2. The van der Waals surface area contributed by atoms with Crippen molar-refractivity contribution in [3.63, 3.8) is 0 Å². The van der Waals surface area contributed by atoms with Crippen LogP contribution in [-0.4, -0.2) is 9.97 Å². The predicted molar refractivity (Wildman–Crippen MR) is 365 cm³/mol. The van der Waals surface area contributed by atoms with Gasteiger partial charge in [-0.3, -0.25) is 0 Å². The Morgan fingerprint density at radius 3 is 1.45 bits per heavy atom. The van der Waals surface area contributed by atoms with Gasteiger partial charge < -0.3 is 0 Å². The SMILES string of the molecule is C1=CC(c2c3ccccc3c(-c3ccc4ccccc4c3)c3cc(-c4ccc(-c5c6ccccc6c(-c6ccc(-c7nc8ccccc8c8nc(-c9ccccc9)c(-c9ccccc9)cc78)cc6)c6ccccc56)cc4)ccc23)Cc2ccccc21. The van der Waals surface area contributed by atoms with E-state index in [1.54, 1.807) is 0 Å². The highest BCUT2D eigenvalue weighted by Gasteiger charge is 2.25. The number of fused-ring (bicyclic) bond motifs is 9. The first-order valence-electron chi connectivity index (χ1n) is 29.9. The first kappa shape index (κ1) is 49.5. The fraction of sp³-hybridized carbons (Fsp3) is 0.0238. The van der Waals surface area contributed by atoms with Crippen LogP contribution in [0.3, 0.4) is 0 Å². The fourth-order valence-electron chi connectivity index (χ4n) is 14.2. The monoisotopic (exact) mass is 1090 g/mol. The van der Waals surface area contributed by atoms with Crippen molar-refractivity contribution in [2.45, 2.75) is 12.3 Å². The zero-order valence-electron chi connectivity index (χ0n) is 47.1. The summed E-state index contributed by atoms with van der Waals surface area (Å²) in [4.78, 5) is 11.0. The third-order valence-electron chi connectivity index (χ3n) is 18.2. The molecule has 1 aliphatic carbocycles. The van der Waals surface area contributed by atoms with E-state index in [2.05, 4.69) is 309 Å². The first-order chi connectivity index (χ1) is 42.6. The molecule has 17 rings (SSSR count). The molecule has 2 aromatic heterocycles.